The van der Waals surface area contributed by atoms with Crippen LogP contribution in [0.1, 0.15) is 38.5 Å². The average molecular weight is 408 g/mol. The molecule has 1 heterocycles. The van der Waals surface area contributed by atoms with Crippen molar-refractivity contribution in [1.29, 1.82) is 0 Å². The number of amides is 2. The quantitative estimate of drug-likeness (QED) is 0.497. The molecule has 0 bridgehead atoms. The number of phenols is 1. The van der Waals surface area contributed by atoms with E-state index >= 15 is 0 Å². The van der Waals surface area contributed by atoms with Crippen molar-refractivity contribution in [3.05, 3.63) is 89.3 Å². The van der Waals surface area contributed by atoms with Gasteiger partial charge in [0, 0.05) is 25.5 Å². The van der Waals surface area contributed by atoms with Crippen LogP contribution in [-0.2, 0) is 13.0 Å². The molecule has 0 spiro atoms. The van der Waals surface area contributed by atoms with E-state index in [9.17, 15) is 19.1 Å². The zero-order valence-electron chi connectivity index (χ0n) is 16.1. The lowest BCUT2D eigenvalue weighted by molar-refractivity contribution is 0.0909. The summed E-state index contributed by atoms with van der Waals surface area (Å²) in [7, 11) is 0. The van der Waals surface area contributed by atoms with Crippen molar-refractivity contribution in [2.45, 2.75) is 19.4 Å². The number of hydrogen-bond donors (Lipinski definition) is 3. The highest BCUT2D eigenvalue weighted by Gasteiger charge is 2.19. The normalized spacial score (nSPS) is 10.4. The van der Waals surface area contributed by atoms with Gasteiger partial charge in [-0.3, -0.25) is 9.59 Å². The lowest BCUT2D eigenvalue weighted by Gasteiger charge is -2.09. The number of aryl methyl sites for hydroxylation is 1. The number of nitrogens with zero attached hydrogens (tertiary/aromatic N) is 2. The molecule has 3 aromatic rings. The lowest BCUT2D eigenvalue weighted by atomic mass is 10.1. The number of hydrogen-bond acceptors (Lipinski definition) is 5. The number of benzene rings is 2. The van der Waals surface area contributed by atoms with Crippen LogP contribution in [0.5, 0.6) is 5.75 Å². The minimum absolute atomic E-state index is 0.0567. The fourth-order valence-electron chi connectivity index (χ4n) is 2.78. The van der Waals surface area contributed by atoms with Gasteiger partial charge in [0.15, 0.2) is 11.4 Å². The zero-order valence-corrected chi connectivity index (χ0v) is 16.1. The van der Waals surface area contributed by atoms with E-state index in [2.05, 4.69) is 20.6 Å². The van der Waals surface area contributed by atoms with Crippen molar-refractivity contribution >= 4 is 11.8 Å². The third-order valence-corrected chi connectivity index (χ3v) is 4.36. The standard InChI is InChI=1S/C22H21FN4O3/c23-17-7-3-16(4-8-17)14-27-22(30)20-19(24-12-13-25-20)21(29)26-11-1-2-15-5-9-18(28)10-6-15/h3-10,12-13,28H,1-2,11,14H2,(H,26,29)(H,27,30). The van der Waals surface area contributed by atoms with Gasteiger partial charge in [-0.05, 0) is 48.2 Å². The number of carbonyl (C=O) groups excluding carboxylic acids is 2. The van der Waals surface area contributed by atoms with Crippen LogP contribution in [0, 0.1) is 5.82 Å². The number of rotatable bonds is 8. The largest absolute Gasteiger partial charge is 0.508 e. The summed E-state index contributed by atoms with van der Waals surface area (Å²) in [5.74, 6) is -1.18. The lowest BCUT2D eigenvalue weighted by Crippen LogP contribution is -2.31. The van der Waals surface area contributed by atoms with Crippen molar-refractivity contribution in [1.82, 2.24) is 20.6 Å². The summed E-state index contributed by atoms with van der Waals surface area (Å²) in [6.45, 7) is 0.566. The Bertz CT molecular complexity index is 1010. The summed E-state index contributed by atoms with van der Waals surface area (Å²) in [4.78, 5) is 32.9. The zero-order chi connectivity index (χ0) is 21.3. The summed E-state index contributed by atoms with van der Waals surface area (Å²) in [5, 5.41) is 14.7. The molecule has 0 saturated heterocycles. The van der Waals surface area contributed by atoms with Gasteiger partial charge in [-0.15, -0.1) is 0 Å². The fraction of sp³-hybridized carbons (Fsp3) is 0.182. The number of nitrogens with one attached hydrogen (secondary N) is 2. The molecule has 8 heteroatoms. The second kappa shape index (κ2) is 10.1. The Morgan fingerprint density at radius 1 is 0.833 bits per heavy atom. The number of halogens is 1. The highest BCUT2D eigenvalue weighted by molar-refractivity contribution is 6.04. The molecule has 0 aliphatic rings. The Hall–Kier alpha value is -3.81. The Morgan fingerprint density at radius 3 is 2.03 bits per heavy atom. The summed E-state index contributed by atoms with van der Waals surface area (Å²) in [5.41, 5.74) is 1.63. The van der Waals surface area contributed by atoms with Crippen molar-refractivity contribution in [3.63, 3.8) is 0 Å². The van der Waals surface area contributed by atoms with Gasteiger partial charge in [0.2, 0.25) is 0 Å². The molecule has 0 atom stereocenters. The van der Waals surface area contributed by atoms with E-state index in [4.69, 9.17) is 0 Å². The van der Waals surface area contributed by atoms with Gasteiger partial charge in [0.05, 0.1) is 0 Å². The minimum Gasteiger partial charge on any atom is -0.508 e. The molecular weight excluding hydrogens is 387 g/mol. The molecule has 2 amide bonds. The molecule has 1 aromatic heterocycles. The molecule has 3 rings (SSSR count). The van der Waals surface area contributed by atoms with Crippen molar-refractivity contribution in [3.8, 4) is 5.75 Å². The molecule has 0 radical (unpaired) electrons. The first-order valence-corrected chi connectivity index (χ1v) is 9.42. The first-order chi connectivity index (χ1) is 14.5. The van der Waals surface area contributed by atoms with Crippen LogP contribution in [0.4, 0.5) is 4.39 Å². The van der Waals surface area contributed by atoms with Crippen molar-refractivity contribution in [2.75, 3.05) is 6.54 Å². The third-order valence-electron chi connectivity index (χ3n) is 4.36. The maximum Gasteiger partial charge on any atom is 0.272 e. The Kier molecular flexibility index (Phi) is 7.05. The maximum absolute atomic E-state index is 13.0. The molecule has 0 aliphatic heterocycles. The van der Waals surface area contributed by atoms with Crippen LogP contribution >= 0.6 is 0 Å². The van der Waals surface area contributed by atoms with Crippen molar-refractivity contribution < 1.29 is 19.1 Å². The Labute approximate surface area is 173 Å². The van der Waals surface area contributed by atoms with E-state index < -0.39 is 11.8 Å². The van der Waals surface area contributed by atoms with Gasteiger partial charge in [-0.2, -0.15) is 0 Å². The van der Waals surface area contributed by atoms with Crippen LogP contribution in [0.3, 0.4) is 0 Å². The van der Waals surface area contributed by atoms with Crippen LogP contribution in [0.15, 0.2) is 60.9 Å². The molecule has 0 aliphatic carbocycles. The first kappa shape index (κ1) is 20.9. The number of phenolic OH excluding ortho intramolecular Hbond substituents is 1. The van der Waals surface area contributed by atoms with Crippen molar-refractivity contribution in [2.24, 2.45) is 0 Å². The molecule has 0 unspecified atom stereocenters. The summed E-state index contributed by atoms with van der Waals surface area (Å²) >= 11 is 0. The summed E-state index contributed by atoms with van der Waals surface area (Å²) in [6.07, 6.45) is 4.10. The fourth-order valence-corrected chi connectivity index (χ4v) is 2.78. The van der Waals surface area contributed by atoms with Gasteiger partial charge in [-0.1, -0.05) is 24.3 Å². The third kappa shape index (κ3) is 5.84. The van der Waals surface area contributed by atoms with Gasteiger partial charge in [0.25, 0.3) is 11.8 Å². The molecule has 2 aromatic carbocycles. The first-order valence-electron chi connectivity index (χ1n) is 9.42. The molecule has 0 fully saturated rings. The predicted octanol–water partition coefficient (Wildman–Crippen LogP) is 2.61. The number of aromatic hydroxyl groups is 1. The molecule has 154 valence electrons. The average Bonchev–Trinajstić information content (AvgIpc) is 2.77. The maximum atomic E-state index is 13.0. The molecule has 3 N–H and O–H groups in total. The van der Waals surface area contributed by atoms with Gasteiger partial charge in [0.1, 0.15) is 11.6 Å². The van der Waals surface area contributed by atoms with Gasteiger partial charge >= 0.3 is 0 Å². The second-order valence-electron chi connectivity index (χ2n) is 6.59. The predicted molar refractivity (Wildman–Crippen MR) is 108 cm³/mol. The SMILES string of the molecule is O=C(NCCCc1ccc(O)cc1)c1nccnc1C(=O)NCc1ccc(F)cc1. The minimum atomic E-state index is -0.540. The van der Waals surface area contributed by atoms with Crippen LogP contribution in [0.2, 0.25) is 0 Å². The van der Waals surface area contributed by atoms with Crippen LogP contribution in [0.25, 0.3) is 0 Å². The molecule has 30 heavy (non-hydrogen) atoms. The second-order valence-corrected chi connectivity index (χ2v) is 6.59. The highest BCUT2D eigenvalue weighted by atomic mass is 19.1. The Morgan fingerprint density at radius 2 is 1.40 bits per heavy atom. The number of carbonyl (C=O) groups is 2. The van der Waals surface area contributed by atoms with E-state index in [0.717, 1.165) is 12.0 Å². The van der Waals surface area contributed by atoms with E-state index in [0.29, 0.717) is 18.5 Å². The van der Waals surface area contributed by atoms with Crippen LogP contribution in [-0.4, -0.2) is 33.4 Å². The molecule has 7 nitrogen and oxygen atoms in total. The smallest absolute Gasteiger partial charge is 0.272 e. The van der Waals surface area contributed by atoms with E-state index in [1.807, 2.05) is 12.1 Å². The monoisotopic (exact) mass is 408 g/mol. The summed E-state index contributed by atoms with van der Waals surface area (Å²) in [6, 6.07) is 12.6. The highest BCUT2D eigenvalue weighted by Crippen LogP contribution is 2.11. The van der Waals surface area contributed by atoms with E-state index in [1.165, 1.54) is 24.5 Å². The molecule has 0 saturated carbocycles. The van der Waals surface area contributed by atoms with Gasteiger partial charge < -0.3 is 15.7 Å². The topological polar surface area (TPSA) is 104 Å². The van der Waals surface area contributed by atoms with E-state index in [-0.39, 0.29) is 29.5 Å². The van der Waals surface area contributed by atoms with Gasteiger partial charge in [-0.25, -0.2) is 14.4 Å². The van der Waals surface area contributed by atoms with Crippen LogP contribution < -0.4 is 10.6 Å². The van der Waals surface area contributed by atoms with E-state index in [1.54, 1.807) is 24.3 Å². The Balaban J connectivity index is 1.53. The number of aromatic nitrogens is 2. The molecular formula is C22H21FN4O3. The summed E-state index contributed by atoms with van der Waals surface area (Å²) < 4.78 is 13.0.